The smallest absolute Gasteiger partial charge is 0.399 e. The minimum absolute atomic E-state index is 0.248. The van der Waals surface area contributed by atoms with Crippen LogP contribution in [0, 0.1) is 0 Å². The molecule has 0 atom stereocenters. The fourth-order valence-corrected chi connectivity index (χ4v) is 38.3. The van der Waals surface area contributed by atoms with Crippen LogP contribution in [0.5, 0.6) is 0 Å². The second kappa shape index (κ2) is 17.9. The molecule has 0 spiro atoms. The Morgan fingerprint density at radius 1 is 0.590 bits per heavy atom. The van der Waals surface area contributed by atoms with Crippen LogP contribution in [0.15, 0.2) is 18.2 Å². The first-order valence-corrected chi connectivity index (χ1v) is 30.8. The van der Waals surface area contributed by atoms with Gasteiger partial charge in [0.05, 0.1) is 22.3 Å². The van der Waals surface area contributed by atoms with Gasteiger partial charge in [-0.05, 0) is 39.2 Å². The van der Waals surface area contributed by atoms with E-state index in [2.05, 4.69) is 4.74 Å². The maximum absolute atomic E-state index is 13.6. The second-order valence-electron chi connectivity index (χ2n) is 7.55. The van der Waals surface area contributed by atoms with Gasteiger partial charge < -0.3 is 9.31 Å². The summed E-state index contributed by atoms with van der Waals surface area (Å²) in [4.78, 5) is 0. The number of ether oxygens (including phenoxy) is 1. The molecular weight excluding hydrogens is 848 g/mol. The predicted octanol–water partition coefficient (Wildman–Crippen LogP) is 3.07. The minimum Gasteiger partial charge on any atom is -0.399 e. The van der Waals surface area contributed by atoms with Crippen molar-refractivity contribution in [1.29, 1.82) is 0 Å². The Labute approximate surface area is 276 Å². The highest BCUT2D eigenvalue weighted by Crippen LogP contribution is 2.50. The molecule has 0 bridgehead atoms. The molecule has 0 aliphatic carbocycles. The van der Waals surface area contributed by atoms with Crippen LogP contribution in [0.25, 0.3) is 0 Å². The quantitative estimate of drug-likeness (QED) is 0.320. The minimum atomic E-state index is -4.04. The summed E-state index contributed by atoms with van der Waals surface area (Å²) in [5.74, 6) is 0. The molecule has 0 amide bonds. The maximum Gasteiger partial charge on any atom is 0.494 e. The summed E-state index contributed by atoms with van der Waals surface area (Å²) in [6, 6.07) is 3.18. The van der Waals surface area contributed by atoms with Gasteiger partial charge in [-0.3, -0.25) is 0 Å². The van der Waals surface area contributed by atoms with Gasteiger partial charge in [0.1, 0.15) is 0 Å². The predicted molar refractivity (Wildman–Crippen MR) is 196 cm³/mol. The molecule has 0 N–H and O–H groups in total. The average Bonchev–Trinajstić information content (AvgIpc) is 3.19. The monoisotopic (exact) mass is 862 g/mol. The van der Waals surface area contributed by atoms with Crippen molar-refractivity contribution in [2.45, 2.75) is 51.1 Å². The van der Waals surface area contributed by atoms with Crippen molar-refractivity contribution in [3.05, 3.63) is 29.3 Å². The summed E-state index contributed by atoms with van der Waals surface area (Å²) in [5, 5.41) is 0. The third-order valence-corrected chi connectivity index (χ3v) is 36.0. The van der Waals surface area contributed by atoms with E-state index in [1.54, 1.807) is 115 Å². The van der Waals surface area contributed by atoms with Gasteiger partial charge >= 0.3 is 19.3 Å². The van der Waals surface area contributed by atoms with Crippen LogP contribution in [0.1, 0.15) is 38.8 Å². The Bertz CT molecular complexity index is 1670. The molecule has 3 rings (SSSR count). The first-order chi connectivity index (χ1) is 18.3. The van der Waals surface area contributed by atoms with E-state index in [0.29, 0.717) is 0 Å². The number of hydrogen-bond donors (Lipinski definition) is 0. The Hall–Kier alpha value is 2.62. The highest BCUT2D eigenvalue weighted by molar-refractivity contribution is 8.77. The molecule has 1 saturated heterocycles. The van der Waals surface area contributed by atoms with E-state index in [1.165, 1.54) is 23.8 Å². The first kappa shape index (κ1) is 37.8. The molecule has 222 valence electrons. The second-order valence-corrected chi connectivity index (χ2v) is 34.1. The largest absolute Gasteiger partial charge is 0.494 e. The van der Waals surface area contributed by atoms with Crippen molar-refractivity contribution < 1.29 is 31.6 Å². The number of halogens is 4. The lowest BCUT2D eigenvalue weighted by Crippen LogP contribution is -2.41. The molecule has 2 heterocycles. The number of hydrogen-bond acceptors (Lipinski definition) is 5. The van der Waals surface area contributed by atoms with Crippen molar-refractivity contribution in [1.82, 2.24) is 0 Å². The van der Waals surface area contributed by atoms with Gasteiger partial charge in [-0.1, -0.05) is 12.1 Å². The first-order valence-electron chi connectivity index (χ1n) is 9.49. The maximum atomic E-state index is 13.6. The van der Waals surface area contributed by atoms with E-state index in [9.17, 15) is 17.6 Å². The van der Waals surface area contributed by atoms with E-state index in [4.69, 9.17) is 31.7 Å². The van der Waals surface area contributed by atoms with E-state index in [-0.39, 0.29) is 5.46 Å². The summed E-state index contributed by atoms with van der Waals surface area (Å²) >= 11 is 9.48. The Kier molecular flexibility index (Phi) is 17.4. The molecule has 39 heavy (non-hydrogen) atoms. The van der Waals surface area contributed by atoms with Gasteiger partial charge in [0.25, 0.3) is 0 Å². The molecule has 25 heteroatoms. The fourth-order valence-electron chi connectivity index (χ4n) is 2.60. The Morgan fingerprint density at radius 2 is 0.949 bits per heavy atom. The van der Waals surface area contributed by atoms with Gasteiger partial charge in [0.2, 0.25) is 0 Å². The van der Waals surface area contributed by atoms with E-state index >= 15 is 0 Å². The van der Waals surface area contributed by atoms with Gasteiger partial charge in [-0.25, -0.2) is 4.74 Å². The normalized spacial score (nSPS) is 18.4. The van der Waals surface area contributed by atoms with Crippen molar-refractivity contribution in [2.75, 3.05) is 0 Å². The van der Waals surface area contributed by atoms with Crippen LogP contribution in [0.3, 0.4) is 0 Å². The highest BCUT2D eigenvalue weighted by atomic mass is 33.5. The fraction of sp³-hybridized carbons (Fsp3) is 0.571. The van der Waals surface area contributed by atoms with Crippen LogP contribution < -0.4 is 5.46 Å². The van der Waals surface area contributed by atoms with Gasteiger partial charge in [0, 0.05) is 156 Å². The number of rotatable bonds is 1. The molecule has 0 unspecified atom stereocenters. The Balaban J connectivity index is 0.000000285. The zero-order valence-corrected chi connectivity index (χ0v) is 33.4. The molecule has 1 aromatic rings. The van der Waals surface area contributed by atoms with E-state index in [0.717, 1.165) is 12.1 Å². The van der Waals surface area contributed by atoms with Gasteiger partial charge in [-0.2, -0.15) is 17.6 Å². The SMILES string of the molecule is CC1(C)OB(c2ccc3c(c2)C(F)(F)OC3(F)F)OC1(C)C.S=S=S=S=S=S=S=S=S=S=S=S=S=S=S=S=S. The summed E-state index contributed by atoms with van der Waals surface area (Å²) in [7, 11) is 24.5. The summed E-state index contributed by atoms with van der Waals surface area (Å²) in [6.45, 7) is 7.25. The summed E-state index contributed by atoms with van der Waals surface area (Å²) in [6.07, 6.45) is -8.05. The lowest BCUT2D eigenvalue weighted by Gasteiger charge is -2.32. The number of fused-ring (bicyclic) bond motifs is 1. The zero-order valence-electron chi connectivity index (χ0n) is 19.5. The van der Waals surface area contributed by atoms with Crippen LogP contribution in [0.4, 0.5) is 17.6 Å². The third-order valence-electron chi connectivity index (χ3n) is 4.84. The summed E-state index contributed by atoms with van der Waals surface area (Å²) < 4.78 is 69.1. The molecule has 0 saturated carbocycles. The molecule has 2 aliphatic rings. The van der Waals surface area contributed by atoms with Crippen molar-refractivity contribution in [3.63, 3.8) is 0 Å². The molecule has 3 nitrogen and oxygen atoms in total. The Morgan fingerprint density at radius 3 is 1.33 bits per heavy atom. The molecule has 0 aromatic heterocycles. The van der Waals surface area contributed by atoms with Gasteiger partial charge in [0.15, 0.2) is 0 Å². The zero-order chi connectivity index (χ0) is 29.2. The van der Waals surface area contributed by atoms with Crippen LogP contribution in [-0.4, -0.2) is 18.3 Å². The standard InChI is InChI=1S/C14H15BF4O3.S17/c1-11(2)12(3,4)22-15(21-11)8-5-6-9-10(7-8)14(18,19)20-13(9,16)17;1-3-5-7-9-11-13-15-17-16-14-12-10-8-6-4-2/h5-7H,1-4H3;. The third kappa shape index (κ3) is 12.2. The molecule has 1 fully saturated rings. The van der Waals surface area contributed by atoms with Crippen LogP contribution >= 0.6 is 0 Å². The van der Waals surface area contributed by atoms with Gasteiger partial charge in [-0.15, -0.1) is 0 Å². The van der Waals surface area contributed by atoms with Crippen LogP contribution in [-0.2, 0) is 182 Å². The molecular formula is C14H15BF4O3S17. The highest BCUT2D eigenvalue weighted by Gasteiger charge is 2.58. The lowest BCUT2D eigenvalue weighted by atomic mass is 9.77. The van der Waals surface area contributed by atoms with Crippen molar-refractivity contribution >= 4 is 168 Å². The molecule has 2 aliphatic heterocycles. The van der Waals surface area contributed by atoms with Crippen molar-refractivity contribution in [2.24, 2.45) is 0 Å². The van der Waals surface area contributed by atoms with E-state index < -0.39 is 41.7 Å². The molecule has 0 radical (unpaired) electrons. The lowest BCUT2D eigenvalue weighted by molar-refractivity contribution is -0.369. The topological polar surface area (TPSA) is 27.7 Å². The number of benzene rings is 1. The average molecular weight is 863 g/mol. The number of alkyl halides is 4. The van der Waals surface area contributed by atoms with Crippen molar-refractivity contribution in [3.8, 4) is 0 Å². The van der Waals surface area contributed by atoms with E-state index in [1.807, 2.05) is 27.7 Å². The van der Waals surface area contributed by atoms with Crippen LogP contribution in [0.2, 0.25) is 0 Å². The summed E-state index contributed by atoms with van der Waals surface area (Å²) in [5.41, 5.74) is -2.75. The molecule has 1 aromatic carbocycles.